The van der Waals surface area contributed by atoms with Gasteiger partial charge in [-0.25, -0.2) is 0 Å². The fourth-order valence-electron chi connectivity index (χ4n) is 5.92. The molecule has 0 radical (unpaired) electrons. The molecular weight excluding hydrogens is 486 g/mol. The maximum Gasteiger partial charge on any atom is 0.232 e. The average molecular weight is 510 g/mol. The van der Waals surface area contributed by atoms with Gasteiger partial charge in [0.05, 0.1) is 13.0 Å². The van der Waals surface area contributed by atoms with E-state index in [9.17, 15) is 4.79 Å². The highest BCUT2D eigenvalue weighted by Crippen LogP contribution is 2.55. The van der Waals surface area contributed by atoms with E-state index >= 15 is 0 Å². The minimum atomic E-state index is -0.268. The Morgan fingerprint density at radius 1 is 0.824 bits per heavy atom. The highest BCUT2D eigenvalue weighted by atomic mass is 79.9. The molecule has 2 aliphatic rings. The summed E-state index contributed by atoms with van der Waals surface area (Å²) < 4.78 is 6.68. The molecule has 1 aliphatic carbocycles. The molecule has 4 aromatic rings. The number of anilines is 1. The second kappa shape index (κ2) is 7.85. The molecule has 168 valence electrons. The van der Waals surface area contributed by atoms with Crippen LogP contribution in [0.2, 0.25) is 0 Å². The summed E-state index contributed by atoms with van der Waals surface area (Å²) >= 11 is 3.68. The van der Waals surface area contributed by atoms with Crippen LogP contribution in [-0.2, 0) is 4.79 Å². The summed E-state index contributed by atoms with van der Waals surface area (Å²) in [4.78, 5) is 13.4. The molecule has 0 spiro atoms. The summed E-state index contributed by atoms with van der Waals surface area (Å²) in [5, 5.41) is 5.39. The van der Waals surface area contributed by atoms with E-state index in [1.807, 2.05) is 24.3 Å². The second-order valence-corrected chi connectivity index (χ2v) is 9.94. The van der Waals surface area contributed by atoms with Crippen molar-refractivity contribution < 1.29 is 9.53 Å². The molecule has 0 saturated carbocycles. The number of carbonyl (C=O) groups excluding carboxylic acids is 1. The van der Waals surface area contributed by atoms with Crippen LogP contribution < -0.4 is 10.1 Å². The number of ether oxygens (including phenoxy) is 1. The average Bonchev–Trinajstić information content (AvgIpc) is 3.33. The number of nitrogens with one attached hydrogen (secondary N) is 1. The van der Waals surface area contributed by atoms with Crippen molar-refractivity contribution in [2.45, 2.75) is 25.7 Å². The first-order chi connectivity index (χ1) is 16.5. The molecule has 1 aliphatic heterocycles. The number of methoxy groups -OCH3 is 1. The smallest absolute Gasteiger partial charge is 0.232 e. The van der Waals surface area contributed by atoms with Crippen molar-refractivity contribution >= 4 is 43.9 Å². The summed E-state index contributed by atoms with van der Waals surface area (Å²) in [5.41, 5.74) is 9.17. The van der Waals surface area contributed by atoms with Crippen molar-refractivity contribution in [3.63, 3.8) is 0 Å². The SMILES string of the molecule is COc1ccc(C2=C(C)C(C3C(=O)Nc4ccc(Br)c(C)c43)c3ccccc32)c2ccccc12. The van der Waals surface area contributed by atoms with E-state index < -0.39 is 0 Å². The van der Waals surface area contributed by atoms with Gasteiger partial charge in [0.15, 0.2) is 0 Å². The summed E-state index contributed by atoms with van der Waals surface area (Å²) in [5.74, 6) is 0.637. The fourth-order valence-corrected chi connectivity index (χ4v) is 6.27. The molecule has 2 atom stereocenters. The van der Waals surface area contributed by atoms with Gasteiger partial charge in [0.25, 0.3) is 0 Å². The van der Waals surface area contributed by atoms with Gasteiger partial charge in [-0.05, 0) is 70.8 Å². The third kappa shape index (κ3) is 2.91. The molecule has 4 aromatic carbocycles. The zero-order valence-corrected chi connectivity index (χ0v) is 20.9. The first kappa shape index (κ1) is 21.2. The molecule has 6 rings (SSSR count). The lowest BCUT2D eigenvalue weighted by molar-refractivity contribution is -0.117. The fraction of sp³-hybridized carbons (Fsp3) is 0.167. The molecular formula is C30H24BrNO2. The number of allylic oxidation sites excluding steroid dienone is 1. The number of hydrogen-bond acceptors (Lipinski definition) is 2. The van der Waals surface area contributed by atoms with E-state index in [1.54, 1.807) is 7.11 Å². The Labute approximate surface area is 207 Å². The number of fused-ring (bicyclic) bond motifs is 3. The predicted molar refractivity (Wildman–Crippen MR) is 142 cm³/mol. The van der Waals surface area contributed by atoms with Crippen LogP contribution in [-0.4, -0.2) is 13.0 Å². The van der Waals surface area contributed by atoms with Crippen LogP contribution in [0.25, 0.3) is 16.3 Å². The van der Waals surface area contributed by atoms with Crippen LogP contribution in [0.1, 0.15) is 46.6 Å². The molecule has 0 bridgehead atoms. The van der Waals surface area contributed by atoms with E-state index in [2.05, 4.69) is 83.6 Å². The number of rotatable bonds is 3. The number of amides is 1. The van der Waals surface area contributed by atoms with E-state index in [1.165, 1.54) is 27.8 Å². The monoisotopic (exact) mass is 509 g/mol. The Morgan fingerprint density at radius 2 is 1.56 bits per heavy atom. The van der Waals surface area contributed by atoms with Crippen molar-refractivity contribution in [3.05, 3.63) is 111 Å². The van der Waals surface area contributed by atoms with Crippen LogP contribution in [0.4, 0.5) is 5.69 Å². The van der Waals surface area contributed by atoms with Crippen molar-refractivity contribution in [1.82, 2.24) is 0 Å². The molecule has 1 amide bonds. The second-order valence-electron chi connectivity index (χ2n) is 9.08. The van der Waals surface area contributed by atoms with Crippen LogP contribution in [0.3, 0.4) is 0 Å². The normalized spacial score (nSPS) is 18.8. The highest BCUT2D eigenvalue weighted by molar-refractivity contribution is 9.10. The van der Waals surface area contributed by atoms with Crippen LogP contribution in [0.5, 0.6) is 5.75 Å². The zero-order chi connectivity index (χ0) is 23.6. The maximum absolute atomic E-state index is 13.4. The number of benzene rings is 4. The largest absolute Gasteiger partial charge is 0.496 e. The van der Waals surface area contributed by atoms with Gasteiger partial charge in [-0.1, -0.05) is 76.1 Å². The van der Waals surface area contributed by atoms with Gasteiger partial charge >= 0.3 is 0 Å². The topological polar surface area (TPSA) is 38.3 Å². The van der Waals surface area contributed by atoms with E-state index in [0.29, 0.717) is 0 Å². The Hall–Kier alpha value is -3.37. The Kier molecular flexibility index (Phi) is 4.89. The lowest BCUT2D eigenvalue weighted by Gasteiger charge is -2.22. The lowest BCUT2D eigenvalue weighted by atomic mass is 9.79. The third-order valence-corrected chi connectivity index (χ3v) is 8.29. The van der Waals surface area contributed by atoms with E-state index in [-0.39, 0.29) is 17.7 Å². The van der Waals surface area contributed by atoms with Crippen LogP contribution >= 0.6 is 15.9 Å². The standard InChI is InChI=1S/C30H24BrNO2/c1-16-23(31)13-14-24-28(16)29(30(33)32-24)27-17(2)26(20-10-6-7-11-21(20)27)22-12-15-25(34-3)19-9-5-4-8-18(19)22/h4-15,27,29H,1-3H3,(H,32,33). The first-order valence-electron chi connectivity index (χ1n) is 11.5. The third-order valence-electron chi connectivity index (χ3n) is 7.43. The molecule has 3 nitrogen and oxygen atoms in total. The highest BCUT2D eigenvalue weighted by Gasteiger charge is 2.44. The maximum atomic E-state index is 13.4. The number of carbonyl (C=O) groups is 1. The molecule has 1 heterocycles. The van der Waals surface area contributed by atoms with Crippen LogP contribution in [0.15, 0.2) is 82.8 Å². The molecule has 0 saturated heterocycles. The summed E-state index contributed by atoms with van der Waals surface area (Å²) in [6.45, 7) is 4.28. The minimum Gasteiger partial charge on any atom is -0.496 e. The summed E-state index contributed by atoms with van der Waals surface area (Å²) in [6, 6.07) is 25.1. The van der Waals surface area contributed by atoms with Crippen molar-refractivity contribution in [2.75, 3.05) is 12.4 Å². The van der Waals surface area contributed by atoms with Gasteiger partial charge in [-0.3, -0.25) is 4.79 Å². The first-order valence-corrected chi connectivity index (χ1v) is 12.3. The molecule has 34 heavy (non-hydrogen) atoms. The Balaban J connectivity index is 1.62. The van der Waals surface area contributed by atoms with Gasteiger partial charge in [0, 0.05) is 21.5 Å². The van der Waals surface area contributed by atoms with Crippen LogP contribution in [0, 0.1) is 6.92 Å². The summed E-state index contributed by atoms with van der Waals surface area (Å²) in [7, 11) is 1.71. The van der Waals surface area contributed by atoms with E-state index in [4.69, 9.17) is 4.74 Å². The van der Waals surface area contributed by atoms with Gasteiger partial charge in [0.1, 0.15) is 5.75 Å². The van der Waals surface area contributed by atoms with Crippen molar-refractivity contribution in [3.8, 4) is 5.75 Å². The van der Waals surface area contributed by atoms with Gasteiger partial charge in [-0.2, -0.15) is 0 Å². The minimum absolute atomic E-state index is 0.0266. The van der Waals surface area contributed by atoms with E-state index in [0.717, 1.165) is 37.8 Å². The Morgan fingerprint density at radius 3 is 2.35 bits per heavy atom. The number of halogens is 1. The quantitative estimate of drug-likeness (QED) is 0.309. The summed E-state index contributed by atoms with van der Waals surface area (Å²) in [6.07, 6.45) is 0. The van der Waals surface area contributed by atoms with Gasteiger partial charge in [-0.15, -0.1) is 0 Å². The lowest BCUT2D eigenvalue weighted by Crippen LogP contribution is -2.20. The predicted octanol–water partition coefficient (Wildman–Crippen LogP) is 7.57. The van der Waals surface area contributed by atoms with Crippen molar-refractivity contribution in [1.29, 1.82) is 0 Å². The van der Waals surface area contributed by atoms with Crippen molar-refractivity contribution in [2.24, 2.45) is 0 Å². The molecule has 4 heteroatoms. The molecule has 0 aromatic heterocycles. The molecule has 2 unspecified atom stereocenters. The van der Waals surface area contributed by atoms with Gasteiger partial charge < -0.3 is 10.1 Å². The number of hydrogen-bond donors (Lipinski definition) is 1. The molecule has 1 N–H and O–H groups in total. The van der Waals surface area contributed by atoms with Gasteiger partial charge in [0.2, 0.25) is 5.91 Å². The zero-order valence-electron chi connectivity index (χ0n) is 19.3. The molecule has 0 fully saturated rings. The Bertz CT molecular complexity index is 1530.